The number of anilines is 1. The van der Waals surface area contributed by atoms with Gasteiger partial charge in [0.1, 0.15) is 5.54 Å². The standard InChI is InChI=1S/C21H18BrCl2N3O3/c1-13(28)25-6-7-26-20(30)27(18-9-16(23)8-17(24)10-18)19(29)21(26,12-25)11-14-2-4-15(22)5-3-14/h2-5,8-10H,6-7,11-12H2,1H3. The van der Waals surface area contributed by atoms with E-state index in [1.54, 1.807) is 15.9 Å². The first-order valence-corrected chi connectivity index (χ1v) is 10.9. The summed E-state index contributed by atoms with van der Waals surface area (Å²) in [6.07, 6.45) is 0.291. The number of imide groups is 1. The predicted molar refractivity (Wildman–Crippen MR) is 119 cm³/mol. The van der Waals surface area contributed by atoms with E-state index >= 15 is 0 Å². The number of halogens is 3. The van der Waals surface area contributed by atoms with Gasteiger partial charge in [-0.1, -0.05) is 51.3 Å². The Morgan fingerprint density at radius 2 is 1.70 bits per heavy atom. The molecule has 2 saturated heterocycles. The van der Waals surface area contributed by atoms with E-state index in [1.807, 2.05) is 24.3 Å². The average Bonchev–Trinajstić information content (AvgIpc) is 2.89. The zero-order valence-electron chi connectivity index (χ0n) is 16.1. The molecule has 0 aliphatic carbocycles. The van der Waals surface area contributed by atoms with Crippen LogP contribution in [0.5, 0.6) is 0 Å². The summed E-state index contributed by atoms with van der Waals surface area (Å²) in [5.74, 6) is -0.519. The Kier molecular flexibility index (Phi) is 5.55. The van der Waals surface area contributed by atoms with Gasteiger partial charge >= 0.3 is 6.03 Å². The second kappa shape index (κ2) is 7.87. The lowest BCUT2D eigenvalue weighted by molar-refractivity contribution is -0.137. The molecule has 4 rings (SSSR count). The number of piperazine rings is 1. The van der Waals surface area contributed by atoms with Gasteiger partial charge in [0, 0.05) is 41.0 Å². The molecule has 0 spiro atoms. The van der Waals surface area contributed by atoms with Crippen molar-refractivity contribution in [3.8, 4) is 0 Å². The van der Waals surface area contributed by atoms with Gasteiger partial charge in [0.25, 0.3) is 5.91 Å². The maximum Gasteiger partial charge on any atom is 0.332 e. The van der Waals surface area contributed by atoms with Crippen LogP contribution in [0.15, 0.2) is 46.9 Å². The molecule has 0 saturated carbocycles. The van der Waals surface area contributed by atoms with Gasteiger partial charge in [-0.2, -0.15) is 0 Å². The molecule has 1 atom stereocenters. The number of fused-ring (bicyclic) bond motifs is 1. The van der Waals surface area contributed by atoms with Crippen LogP contribution in [0.4, 0.5) is 10.5 Å². The number of rotatable bonds is 3. The number of hydrogen-bond donors (Lipinski definition) is 0. The Hall–Kier alpha value is -2.09. The molecule has 0 aromatic heterocycles. The van der Waals surface area contributed by atoms with Gasteiger partial charge in [0.2, 0.25) is 5.91 Å². The molecule has 2 fully saturated rings. The molecule has 30 heavy (non-hydrogen) atoms. The molecule has 6 nitrogen and oxygen atoms in total. The van der Waals surface area contributed by atoms with Gasteiger partial charge < -0.3 is 9.80 Å². The second-order valence-electron chi connectivity index (χ2n) is 7.48. The largest absolute Gasteiger partial charge is 0.338 e. The van der Waals surface area contributed by atoms with Gasteiger partial charge in [0.05, 0.1) is 12.2 Å². The van der Waals surface area contributed by atoms with Crippen LogP contribution in [0.3, 0.4) is 0 Å². The van der Waals surface area contributed by atoms with Gasteiger partial charge in [-0.05, 0) is 35.9 Å². The van der Waals surface area contributed by atoms with Crippen molar-refractivity contribution in [3.63, 3.8) is 0 Å². The molecule has 2 heterocycles. The fourth-order valence-electron chi connectivity index (χ4n) is 4.12. The molecular weight excluding hydrogens is 493 g/mol. The molecule has 0 bridgehead atoms. The van der Waals surface area contributed by atoms with Crippen LogP contribution in [-0.2, 0) is 16.0 Å². The summed E-state index contributed by atoms with van der Waals surface area (Å²) < 4.78 is 0.915. The van der Waals surface area contributed by atoms with Gasteiger partial charge in [0.15, 0.2) is 0 Å². The van der Waals surface area contributed by atoms with E-state index in [-0.39, 0.29) is 24.9 Å². The highest BCUT2D eigenvalue weighted by Crippen LogP contribution is 2.39. The molecule has 1 unspecified atom stereocenters. The van der Waals surface area contributed by atoms with Crippen LogP contribution in [0.25, 0.3) is 0 Å². The molecule has 2 aliphatic heterocycles. The van der Waals surface area contributed by atoms with Crippen molar-refractivity contribution in [1.29, 1.82) is 0 Å². The van der Waals surface area contributed by atoms with Gasteiger partial charge in [-0.25, -0.2) is 9.69 Å². The van der Waals surface area contributed by atoms with E-state index in [2.05, 4.69) is 15.9 Å². The van der Waals surface area contributed by atoms with Crippen LogP contribution in [0, 0.1) is 0 Å². The minimum absolute atomic E-state index is 0.130. The molecule has 0 radical (unpaired) electrons. The zero-order valence-corrected chi connectivity index (χ0v) is 19.2. The summed E-state index contributed by atoms with van der Waals surface area (Å²) in [5, 5.41) is 0.658. The van der Waals surface area contributed by atoms with Gasteiger partial charge in [-0.15, -0.1) is 0 Å². The summed E-state index contributed by atoms with van der Waals surface area (Å²) in [6, 6.07) is 11.8. The molecule has 2 aliphatic rings. The number of carbonyl (C=O) groups excluding carboxylic acids is 3. The Bertz CT molecular complexity index is 1030. The van der Waals surface area contributed by atoms with Crippen molar-refractivity contribution < 1.29 is 14.4 Å². The molecule has 2 aromatic carbocycles. The van der Waals surface area contributed by atoms with Crippen molar-refractivity contribution in [2.24, 2.45) is 0 Å². The van der Waals surface area contributed by atoms with Crippen molar-refractivity contribution in [2.45, 2.75) is 18.9 Å². The third-order valence-electron chi connectivity index (χ3n) is 5.55. The molecular formula is C21H18BrCl2N3O3. The molecule has 2 aromatic rings. The van der Waals surface area contributed by atoms with Crippen LogP contribution in [-0.4, -0.2) is 52.8 Å². The highest BCUT2D eigenvalue weighted by Gasteiger charge is 2.60. The summed E-state index contributed by atoms with van der Waals surface area (Å²) in [4.78, 5) is 43.5. The van der Waals surface area contributed by atoms with Crippen molar-refractivity contribution in [2.75, 3.05) is 24.5 Å². The monoisotopic (exact) mass is 509 g/mol. The lowest BCUT2D eigenvalue weighted by Crippen LogP contribution is -2.64. The summed E-state index contributed by atoms with van der Waals surface area (Å²) in [5.41, 5.74) is 0.0195. The van der Waals surface area contributed by atoms with Crippen molar-refractivity contribution in [1.82, 2.24) is 9.80 Å². The SMILES string of the molecule is CC(=O)N1CCN2C(=O)N(c3cc(Cl)cc(Cl)c3)C(=O)C2(Cc2ccc(Br)cc2)C1. The molecule has 156 valence electrons. The second-order valence-corrected chi connectivity index (χ2v) is 9.27. The number of nitrogens with zero attached hydrogens (tertiary/aromatic N) is 3. The summed E-state index contributed by atoms with van der Waals surface area (Å²) in [6.45, 7) is 2.25. The molecule has 9 heteroatoms. The third kappa shape index (κ3) is 3.59. The van der Waals surface area contributed by atoms with E-state index in [0.29, 0.717) is 28.7 Å². The maximum atomic E-state index is 13.8. The summed E-state index contributed by atoms with van der Waals surface area (Å²) >= 11 is 15.6. The number of hydrogen-bond acceptors (Lipinski definition) is 3. The highest BCUT2D eigenvalue weighted by molar-refractivity contribution is 9.10. The fraction of sp³-hybridized carbons (Fsp3) is 0.286. The van der Waals surface area contributed by atoms with Crippen LogP contribution in [0.2, 0.25) is 10.0 Å². The topological polar surface area (TPSA) is 60.9 Å². The smallest absolute Gasteiger partial charge is 0.332 e. The Morgan fingerprint density at radius 3 is 2.30 bits per heavy atom. The minimum atomic E-state index is -1.19. The predicted octanol–water partition coefficient (Wildman–Crippen LogP) is 4.37. The number of benzene rings is 2. The first kappa shape index (κ1) is 21.2. The number of urea groups is 1. The number of carbonyl (C=O) groups is 3. The van der Waals surface area contributed by atoms with E-state index in [0.717, 1.165) is 14.9 Å². The first-order chi connectivity index (χ1) is 14.2. The van der Waals surface area contributed by atoms with Crippen LogP contribution >= 0.6 is 39.1 Å². The first-order valence-electron chi connectivity index (χ1n) is 9.33. The average molecular weight is 511 g/mol. The summed E-state index contributed by atoms with van der Waals surface area (Å²) in [7, 11) is 0. The lowest BCUT2D eigenvalue weighted by atomic mass is 9.86. The normalized spacial score (nSPS) is 21.3. The van der Waals surface area contributed by atoms with E-state index in [4.69, 9.17) is 23.2 Å². The third-order valence-corrected chi connectivity index (χ3v) is 6.51. The zero-order chi connectivity index (χ0) is 21.6. The van der Waals surface area contributed by atoms with Crippen LogP contribution < -0.4 is 4.90 Å². The minimum Gasteiger partial charge on any atom is -0.338 e. The molecule has 4 amide bonds. The number of amides is 4. The lowest BCUT2D eigenvalue weighted by Gasteiger charge is -2.44. The van der Waals surface area contributed by atoms with Gasteiger partial charge in [-0.3, -0.25) is 9.59 Å². The van der Waals surface area contributed by atoms with E-state index in [9.17, 15) is 14.4 Å². The Morgan fingerprint density at radius 1 is 1.07 bits per heavy atom. The van der Waals surface area contributed by atoms with Crippen LogP contribution in [0.1, 0.15) is 12.5 Å². The Labute approximate surface area is 192 Å². The van der Waals surface area contributed by atoms with E-state index < -0.39 is 11.6 Å². The maximum absolute atomic E-state index is 13.8. The molecule has 0 N–H and O–H groups in total. The Balaban J connectivity index is 1.80. The van der Waals surface area contributed by atoms with Crippen molar-refractivity contribution in [3.05, 3.63) is 62.5 Å². The quantitative estimate of drug-likeness (QED) is 0.576. The highest BCUT2D eigenvalue weighted by atomic mass is 79.9. The van der Waals surface area contributed by atoms with Crippen molar-refractivity contribution >= 4 is 62.7 Å². The van der Waals surface area contributed by atoms with E-state index in [1.165, 1.54) is 19.1 Å². The fourth-order valence-corrected chi connectivity index (χ4v) is 4.90.